The number of aromatic nitrogens is 1. The van der Waals surface area contributed by atoms with Gasteiger partial charge >= 0.3 is 0 Å². The molecule has 2 unspecified atom stereocenters. The molecule has 2 N–H and O–H groups in total. The zero-order valence-corrected chi connectivity index (χ0v) is 12.5. The fraction of sp³-hybridized carbons (Fsp3) is 0.556. The molecule has 2 nitrogen and oxygen atoms in total. The van der Waals surface area contributed by atoms with Crippen LogP contribution in [-0.2, 0) is 6.54 Å². The van der Waals surface area contributed by atoms with Gasteiger partial charge in [-0.1, -0.05) is 44.4 Å². The molecule has 1 saturated carbocycles. The van der Waals surface area contributed by atoms with Crippen molar-refractivity contribution >= 4 is 10.9 Å². The van der Waals surface area contributed by atoms with Gasteiger partial charge in [-0.05, 0) is 42.9 Å². The fourth-order valence-corrected chi connectivity index (χ4v) is 3.63. The maximum Gasteiger partial charge on any atom is 0.0457 e. The van der Waals surface area contributed by atoms with E-state index in [0.29, 0.717) is 0 Å². The molecule has 0 radical (unpaired) electrons. The van der Waals surface area contributed by atoms with Gasteiger partial charge in [0.25, 0.3) is 0 Å². The molecule has 1 heterocycles. The lowest BCUT2D eigenvalue weighted by atomic mass is 9.81. The summed E-state index contributed by atoms with van der Waals surface area (Å²) in [5.41, 5.74) is 2.63. The van der Waals surface area contributed by atoms with Crippen molar-refractivity contribution in [3.05, 3.63) is 36.0 Å². The van der Waals surface area contributed by atoms with Crippen molar-refractivity contribution in [1.82, 2.24) is 10.3 Å². The Labute approximate surface area is 122 Å². The number of hydrogen-bond acceptors (Lipinski definition) is 1. The molecule has 2 atom stereocenters. The van der Waals surface area contributed by atoms with Crippen LogP contribution in [0.15, 0.2) is 30.5 Å². The number of nitrogens with one attached hydrogen (secondary N) is 2. The molecule has 1 aliphatic rings. The highest BCUT2D eigenvalue weighted by atomic mass is 14.9. The topological polar surface area (TPSA) is 27.8 Å². The molecule has 1 fully saturated rings. The summed E-state index contributed by atoms with van der Waals surface area (Å²) < 4.78 is 0. The van der Waals surface area contributed by atoms with Gasteiger partial charge < -0.3 is 10.3 Å². The molecule has 1 aromatic heterocycles. The Morgan fingerprint density at radius 2 is 2.15 bits per heavy atom. The molecule has 2 heteroatoms. The van der Waals surface area contributed by atoms with E-state index in [2.05, 4.69) is 47.7 Å². The summed E-state index contributed by atoms with van der Waals surface area (Å²) >= 11 is 0. The van der Waals surface area contributed by atoms with Crippen LogP contribution in [0.3, 0.4) is 0 Å². The Bertz CT molecular complexity index is 543. The van der Waals surface area contributed by atoms with Gasteiger partial charge in [0, 0.05) is 23.6 Å². The summed E-state index contributed by atoms with van der Waals surface area (Å²) in [7, 11) is 0. The van der Waals surface area contributed by atoms with Crippen LogP contribution in [0.2, 0.25) is 0 Å². The first-order valence-electron chi connectivity index (χ1n) is 8.08. The number of H-pyrrole nitrogens is 1. The van der Waals surface area contributed by atoms with E-state index in [-0.39, 0.29) is 0 Å². The Morgan fingerprint density at radius 1 is 1.25 bits per heavy atom. The van der Waals surface area contributed by atoms with E-state index in [9.17, 15) is 0 Å². The monoisotopic (exact) mass is 270 g/mol. The predicted octanol–water partition coefficient (Wildman–Crippen LogP) is 4.47. The van der Waals surface area contributed by atoms with Crippen LogP contribution in [-0.4, -0.2) is 11.5 Å². The molecule has 0 spiro atoms. The first-order valence-corrected chi connectivity index (χ1v) is 8.08. The SMILES string of the molecule is CC1CCCC(CCNCc2c[nH]c3ccccc23)C1. The number of benzene rings is 1. The largest absolute Gasteiger partial charge is 0.361 e. The highest BCUT2D eigenvalue weighted by Crippen LogP contribution is 2.30. The second-order valence-electron chi connectivity index (χ2n) is 6.46. The van der Waals surface area contributed by atoms with Crippen molar-refractivity contribution in [1.29, 1.82) is 0 Å². The molecule has 108 valence electrons. The third-order valence-corrected chi connectivity index (χ3v) is 4.76. The van der Waals surface area contributed by atoms with Crippen LogP contribution < -0.4 is 5.32 Å². The molecule has 1 aliphatic carbocycles. The highest BCUT2D eigenvalue weighted by molar-refractivity contribution is 5.82. The lowest BCUT2D eigenvalue weighted by Gasteiger charge is -2.26. The summed E-state index contributed by atoms with van der Waals surface area (Å²) in [4.78, 5) is 3.34. The number of fused-ring (bicyclic) bond motifs is 1. The fourth-order valence-electron chi connectivity index (χ4n) is 3.63. The molecule has 0 bridgehead atoms. The zero-order valence-electron chi connectivity index (χ0n) is 12.5. The zero-order chi connectivity index (χ0) is 13.8. The molecule has 2 aromatic rings. The van der Waals surface area contributed by atoms with Gasteiger partial charge in [0.15, 0.2) is 0 Å². The van der Waals surface area contributed by atoms with Crippen molar-refractivity contribution in [2.45, 2.75) is 45.6 Å². The van der Waals surface area contributed by atoms with Gasteiger partial charge in [0.05, 0.1) is 0 Å². The van der Waals surface area contributed by atoms with Crippen LogP contribution >= 0.6 is 0 Å². The minimum atomic E-state index is 0.947. The van der Waals surface area contributed by atoms with Crippen molar-refractivity contribution in [2.75, 3.05) is 6.54 Å². The minimum Gasteiger partial charge on any atom is -0.361 e. The predicted molar refractivity (Wildman–Crippen MR) is 85.7 cm³/mol. The van der Waals surface area contributed by atoms with E-state index in [1.165, 1.54) is 48.6 Å². The van der Waals surface area contributed by atoms with Gasteiger partial charge in [0.1, 0.15) is 0 Å². The maximum absolute atomic E-state index is 3.62. The van der Waals surface area contributed by atoms with E-state index in [0.717, 1.165) is 24.9 Å². The smallest absolute Gasteiger partial charge is 0.0457 e. The second-order valence-corrected chi connectivity index (χ2v) is 6.46. The van der Waals surface area contributed by atoms with Gasteiger partial charge in [-0.3, -0.25) is 0 Å². The van der Waals surface area contributed by atoms with Crippen molar-refractivity contribution < 1.29 is 0 Å². The van der Waals surface area contributed by atoms with E-state index in [1.54, 1.807) is 0 Å². The van der Waals surface area contributed by atoms with Crippen LogP contribution in [0, 0.1) is 11.8 Å². The summed E-state index contributed by atoms with van der Waals surface area (Å²) in [6.07, 6.45) is 9.24. The van der Waals surface area contributed by atoms with E-state index < -0.39 is 0 Å². The maximum atomic E-state index is 3.62. The van der Waals surface area contributed by atoms with Crippen LogP contribution in [0.25, 0.3) is 10.9 Å². The third kappa shape index (κ3) is 3.24. The van der Waals surface area contributed by atoms with Gasteiger partial charge in [-0.2, -0.15) is 0 Å². The Balaban J connectivity index is 1.46. The van der Waals surface area contributed by atoms with Gasteiger partial charge in [-0.15, -0.1) is 0 Å². The van der Waals surface area contributed by atoms with Gasteiger partial charge in [0.2, 0.25) is 0 Å². The Hall–Kier alpha value is -1.28. The van der Waals surface area contributed by atoms with E-state index >= 15 is 0 Å². The number of hydrogen-bond donors (Lipinski definition) is 2. The Kier molecular flexibility index (Phi) is 4.41. The summed E-state index contributed by atoms with van der Waals surface area (Å²) in [6.45, 7) is 4.54. The van der Waals surface area contributed by atoms with Crippen molar-refractivity contribution in [3.63, 3.8) is 0 Å². The standard InChI is InChI=1S/C18H26N2/c1-14-5-4-6-15(11-14)9-10-19-12-16-13-20-18-8-3-2-7-17(16)18/h2-3,7-8,13-15,19-20H,4-6,9-12H2,1H3. The highest BCUT2D eigenvalue weighted by Gasteiger charge is 2.18. The molecule has 1 aromatic carbocycles. The molecule has 0 aliphatic heterocycles. The van der Waals surface area contributed by atoms with E-state index in [4.69, 9.17) is 0 Å². The lowest BCUT2D eigenvalue weighted by Crippen LogP contribution is -2.21. The summed E-state index contributed by atoms with van der Waals surface area (Å²) in [5.74, 6) is 1.90. The van der Waals surface area contributed by atoms with Crippen molar-refractivity contribution in [2.24, 2.45) is 11.8 Å². The molecule has 3 rings (SSSR count). The van der Waals surface area contributed by atoms with Crippen LogP contribution in [0.5, 0.6) is 0 Å². The second kappa shape index (κ2) is 6.45. The first kappa shape index (κ1) is 13.7. The molecule has 0 amide bonds. The Morgan fingerprint density at radius 3 is 3.05 bits per heavy atom. The quantitative estimate of drug-likeness (QED) is 0.771. The summed E-state index contributed by atoms with van der Waals surface area (Å²) in [6, 6.07) is 8.54. The average molecular weight is 270 g/mol. The normalized spacial score (nSPS) is 23.2. The molecular formula is C18H26N2. The molecule has 0 saturated heterocycles. The van der Waals surface area contributed by atoms with E-state index in [1.807, 2.05) is 0 Å². The van der Waals surface area contributed by atoms with Crippen LogP contribution in [0.1, 0.15) is 44.6 Å². The number of rotatable bonds is 5. The average Bonchev–Trinajstić information content (AvgIpc) is 2.87. The molecule has 20 heavy (non-hydrogen) atoms. The van der Waals surface area contributed by atoms with Gasteiger partial charge in [-0.25, -0.2) is 0 Å². The van der Waals surface area contributed by atoms with Crippen molar-refractivity contribution in [3.8, 4) is 0 Å². The molecular weight excluding hydrogens is 244 g/mol. The lowest BCUT2D eigenvalue weighted by molar-refractivity contribution is 0.267. The number of para-hydroxylation sites is 1. The van der Waals surface area contributed by atoms with Crippen LogP contribution in [0.4, 0.5) is 0 Å². The third-order valence-electron chi connectivity index (χ3n) is 4.76. The summed E-state index contributed by atoms with van der Waals surface area (Å²) in [5, 5.41) is 4.98. The minimum absolute atomic E-state index is 0.947. The number of aromatic amines is 1. The first-order chi connectivity index (χ1) is 9.83.